The lowest BCUT2D eigenvalue weighted by molar-refractivity contribution is 0.588. The van der Waals surface area contributed by atoms with E-state index in [4.69, 9.17) is 10.7 Å². The quantitative estimate of drug-likeness (QED) is 0.133. The van der Waals surface area contributed by atoms with E-state index in [0.717, 1.165) is 24.3 Å². The van der Waals surface area contributed by atoms with Gasteiger partial charge in [0, 0.05) is 62.7 Å². The largest absolute Gasteiger partial charge is 0.269 e. The summed E-state index contributed by atoms with van der Waals surface area (Å²) < 4.78 is 51.8. The van der Waals surface area contributed by atoms with Crippen LogP contribution in [0.25, 0.3) is 14.6 Å². The Bertz CT molecular complexity index is 1960. The zero-order chi connectivity index (χ0) is 29.8. The van der Waals surface area contributed by atoms with E-state index < -0.39 is 19.1 Å². The molecule has 0 atom stereocenters. The Kier molecular flexibility index (Phi) is 11.1. The molecule has 0 saturated heterocycles. The molecule has 212 valence electrons. The molecule has 3 heterocycles. The fourth-order valence-electron chi connectivity index (χ4n) is 3.62. The third-order valence-electron chi connectivity index (χ3n) is 5.52. The van der Waals surface area contributed by atoms with Crippen LogP contribution in [0.4, 0.5) is 0 Å². The highest BCUT2D eigenvalue weighted by atomic mass is 127. The number of rotatable bonds is 3. The lowest BCUT2D eigenvalue weighted by Crippen LogP contribution is -2.12. The van der Waals surface area contributed by atoms with Crippen molar-refractivity contribution in [3.8, 4) is 0 Å². The van der Waals surface area contributed by atoms with E-state index >= 15 is 0 Å². The molecule has 0 saturated carbocycles. The van der Waals surface area contributed by atoms with Gasteiger partial charge in [-0.3, -0.25) is 4.98 Å². The minimum Gasteiger partial charge on any atom is -0.259 e. The van der Waals surface area contributed by atoms with Gasteiger partial charge in [0.25, 0.3) is 19.1 Å². The lowest BCUT2D eigenvalue weighted by atomic mass is 10.2. The normalized spacial score (nSPS) is 12.5. The van der Waals surface area contributed by atoms with Crippen LogP contribution in [0.3, 0.4) is 0 Å². The number of halogens is 5. The minimum atomic E-state index is -3.62. The average molecular weight is 962 g/mol. The number of allylic oxidation sites excluding steroid dienone is 1. The van der Waals surface area contributed by atoms with Crippen LogP contribution in [0.15, 0.2) is 116 Å². The Balaban J connectivity index is 0.000000156. The highest BCUT2D eigenvalue weighted by molar-refractivity contribution is 14.1. The van der Waals surface area contributed by atoms with Crippen LogP contribution in [0.2, 0.25) is 0 Å². The van der Waals surface area contributed by atoms with Gasteiger partial charge in [-0.15, -0.1) is 0 Å². The van der Waals surface area contributed by atoms with E-state index in [-0.39, 0.29) is 9.79 Å². The molecule has 0 fully saturated rings. The van der Waals surface area contributed by atoms with E-state index in [0.29, 0.717) is 5.65 Å². The monoisotopic (exact) mass is 959 g/mol. The maximum Gasteiger partial charge on any atom is 0.269 e. The molecule has 0 N–H and O–H groups in total. The van der Waals surface area contributed by atoms with E-state index in [1.54, 1.807) is 60.9 Å². The first-order valence-electron chi connectivity index (χ1n) is 11.5. The van der Waals surface area contributed by atoms with E-state index in [2.05, 4.69) is 99.2 Å². The number of hydrogen-bond acceptors (Lipinski definition) is 6. The second-order valence-electron chi connectivity index (χ2n) is 8.27. The topological polar surface area (TPSA) is 99.0 Å². The standard InChI is InChI=1S/C13H8BrIN2O2S.C8H5BrIN.C6H5ClO2S/c14-9-6-11-12(15)8-17(13(11)16-7-9)20(18,19)10-4-2-1-3-5-10;9-5-3-6-7(10)1-2-8(6)11-4-5;7-10(8,9)6-4-2-1-3-5-6/h1-8H;1,3-4H,2H2;1-5H. The van der Waals surface area contributed by atoms with Gasteiger partial charge in [-0.25, -0.2) is 25.8 Å². The Morgan fingerprint density at radius 1 is 0.805 bits per heavy atom. The van der Waals surface area contributed by atoms with E-state index in [9.17, 15) is 16.8 Å². The minimum absolute atomic E-state index is 0.136. The molecule has 0 amide bonds. The lowest BCUT2D eigenvalue weighted by Gasteiger charge is -2.06. The number of benzene rings is 2. The molecular weight excluding hydrogens is 944 g/mol. The first-order chi connectivity index (χ1) is 19.4. The first-order valence-corrected chi connectivity index (χ1v) is 19.0. The van der Waals surface area contributed by atoms with Crippen molar-refractivity contribution in [3.05, 3.63) is 121 Å². The van der Waals surface area contributed by atoms with E-state index in [1.807, 2.05) is 12.3 Å². The Labute approximate surface area is 286 Å². The van der Waals surface area contributed by atoms with Crippen LogP contribution in [-0.4, -0.2) is 30.8 Å². The molecule has 6 rings (SSSR count). The smallest absolute Gasteiger partial charge is 0.259 e. The van der Waals surface area contributed by atoms with Gasteiger partial charge in [-0.1, -0.05) is 42.5 Å². The van der Waals surface area contributed by atoms with Crippen molar-refractivity contribution in [1.29, 1.82) is 0 Å². The van der Waals surface area contributed by atoms with E-state index in [1.165, 1.54) is 30.9 Å². The summed E-state index contributed by atoms with van der Waals surface area (Å²) in [4.78, 5) is 8.91. The van der Waals surface area contributed by atoms with Gasteiger partial charge in [0.2, 0.25) is 0 Å². The summed E-state index contributed by atoms with van der Waals surface area (Å²) in [6.45, 7) is 0. The van der Waals surface area contributed by atoms with Gasteiger partial charge in [-0.2, -0.15) is 0 Å². The Morgan fingerprint density at radius 2 is 1.37 bits per heavy atom. The molecule has 1 aliphatic rings. The number of pyridine rings is 2. The third kappa shape index (κ3) is 8.17. The average Bonchev–Trinajstić information content (AvgIpc) is 3.49. The van der Waals surface area contributed by atoms with Gasteiger partial charge >= 0.3 is 0 Å². The number of fused-ring (bicyclic) bond motifs is 2. The van der Waals surface area contributed by atoms with Gasteiger partial charge in [-0.05, 0) is 113 Å². The van der Waals surface area contributed by atoms with Crippen LogP contribution in [0, 0.1) is 3.57 Å². The molecule has 1 aliphatic carbocycles. The Hall–Kier alpha value is -1.37. The zero-order valence-corrected chi connectivity index (χ0v) is 30.5. The van der Waals surface area contributed by atoms with Crippen LogP contribution in [0.5, 0.6) is 0 Å². The predicted octanol–water partition coefficient (Wildman–Crippen LogP) is 8.43. The fraction of sp³-hybridized carbons (Fsp3) is 0.0370. The van der Waals surface area contributed by atoms with Crippen LogP contribution in [-0.2, 0) is 25.5 Å². The van der Waals surface area contributed by atoms with Crippen molar-refractivity contribution < 1.29 is 16.8 Å². The summed E-state index contributed by atoms with van der Waals surface area (Å²) in [5.74, 6) is 0. The molecule has 7 nitrogen and oxygen atoms in total. The van der Waals surface area contributed by atoms with Gasteiger partial charge in [0.15, 0.2) is 5.65 Å². The number of aromatic nitrogens is 3. The summed E-state index contributed by atoms with van der Waals surface area (Å²) in [6.07, 6.45) is 8.22. The Morgan fingerprint density at radius 3 is 1.95 bits per heavy atom. The molecule has 0 bridgehead atoms. The summed E-state index contributed by atoms with van der Waals surface area (Å²) in [6, 6.07) is 20.2. The molecule has 3 aromatic heterocycles. The molecule has 41 heavy (non-hydrogen) atoms. The maximum absolute atomic E-state index is 12.7. The number of hydrogen-bond donors (Lipinski definition) is 0. The molecule has 0 radical (unpaired) electrons. The van der Waals surface area contributed by atoms with Crippen molar-refractivity contribution in [2.75, 3.05) is 0 Å². The first kappa shape index (κ1) is 32.5. The molecule has 0 unspecified atom stereocenters. The van der Waals surface area contributed by atoms with Crippen LogP contribution < -0.4 is 0 Å². The van der Waals surface area contributed by atoms with Crippen molar-refractivity contribution in [2.24, 2.45) is 0 Å². The highest BCUT2D eigenvalue weighted by Crippen LogP contribution is 2.32. The zero-order valence-electron chi connectivity index (χ0n) is 20.6. The fourth-order valence-corrected chi connectivity index (χ4v) is 7.97. The van der Waals surface area contributed by atoms with Crippen molar-refractivity contribution in [3.63, 3.8) is 0 Å². The van der Waals surface area contributed by atoms with Gasteiger partial charge in [0.1, 0.15) is 0 Å². The third-order valence-corrected chi connectivity index (χ3v) is 11.3. The highest BCUT2D eigenvalue weighted by Gasteiger charge is 2.21. The summed E-state index contributed by atoms with van der Waals surface area (Å²) in [5.41, 5.74) is 2.90. The second-order valence-corrected chi connectivity index (χ2v) is 16.8. The molecule has 5 aromatic rings. The van der Waals surface area contributed by atoms with Crippen LogP contribution >= 0.6 is 87.7 Å². The predicted molar refractivity (Wildman–Crippen MR) is 186 cm³/mol. The SMILES string of the molecule is Brc1cnc2c(c1)C(I)=CC2.O=S(=O)(Cl)c1ccccc1.O=S(=O)(c1ccccc1)n1cc(I)c2cc(Br)cnc21. The summed E-state index contributed by atoms with van der Waals surface area (Å²) >= 11 is 11.2. The molecule has 0 spiro atoms. The van der Waals surface area contributed by atoms with Gasteiger partial charge < -0.3 is 0 Å². The number of nitrogens with zero attached hydrogens (tertiary/aromatic N) is 3. The summed E-state index contributed by atoms with van der Waals surface area (Å²) in [5, 5.41) is 0.805. The van der Waals surface area contributed by atoms with Crippen molar-refractivity contribution in [1.82, 2.24) is 13.9 Å². The summed E-state index contributed by atoms with van der Waals surface area (Å²) in [7, 11) is -2.12. The van der Waals surface area contributed by atoms with Crippen molar-refractivity contribution >= 4 is 121 Å². The molecule has 2 aromatic carbocycles. The molecular formula is C27H18Br2ClI2N3O4S2. The molecule has 14 heteroatoms. The second kappa shape index (κ2) is 13.9. The van der Waals surface area contributed by atoms with Crippen LogP contribution in [0.1, 0.15) is 11.3 Å². The van der Waals surface area contributed by atoms with Crippen molar-refractivity contribution in [2.45, 2.75) is 16.2 Å². The maximum atomic E-state index is 12.7. The van der Waals surface area contributed by atoms with Gasteiger partial charge in [0.05, 0.1) is 15.5 Å². The molecule has 0 aliphatic heterocycles.